The van der Waals surface area contributed by atoms with E-state index in [0.717, 1.165) is 18.8 Å². The average molecular weight is 233 g/mol. The highest BCUT2D eigenvalue weighted by Gasteiger charge is 2.15. The van der Waals surface area contributed by atoms with Crippen LogP contribution >= 0.6 is 0 Å². The summed E-state index contributed by atoms with van der Waals surface area (Å²) in [4.78, 5) is 2.48. The summed E-state index contributed by atoms with van der Waals surface area (Å²) in [5.74, 6) is 0.884. The second kappa shape index (κ2) is 6.06. The van der Waals surface area contributed by atoms with Crippen molar-refractivity contribution in [2.75, 3.05) is 24.6 Å². The zero-order valence-corrected chi connectivity index (χ0v) is 10.7. The summed E-state index contributed by atoms with van der Waals surface area (Å²) in [5.41, 5.74) is 2.68. The van der Waals surface area contributed by atoms with Crippen molar-refractivity contribution in [3.8, 4) is 0 Å². The molecule has 1 aromatic carbocycles. The van der Waals surface area contributed by atoms with E-state index in [2.05, 4.69) is 36.1 Å². The third-order valence-corrected chi connectivity index (χ3v) is 3.71. The van der Waals surface area contributed by atoms with Crippen LogP contribution in [0.4, 0.5) is 5.69 Å². The van der Waals surface area contributed by atoms with Crippen LogP contribution in [0.15, 0.2) is 24.3 Å². The van der Waals surface area contributed by atoms with Crippen LogP contribution < -0.4 is 4.90 Å². The maximum Gasteiger partial charge on any atom is 0.0434 e. The van der Waals surface area contributed by atoms with Gasteiger partial charge in [-0.2, -0.15) is 0 Å². The average Bonchev–Trinajstić information content (AvgIpc) is 2.38. The third kappa shape index (κ3) is 3.47. The Morgan fingerprint density at radius 2 is 1.82 bits per heavy atom. The van der Waals surface area contributed by atoms with Gasteiger partial charge in [-0.15, -0.1) is 0 Å². The van der Waals surface area contributed by atoms with Gasteiger partial charge in [0.1, 0.15) is 0 Å². The highest BCUT2D eigenvalue weighted by atomic mass is 16.2. The number of anilines is 1. The van der Waals surface area contributed by atoms with Gasteiger partial charge in [0.05, 0.1) is 0 Å². The standard InChI is InChI=1S/C15H23NO/c1-13-8-10-16(11-9-13)15-6-4-14(5-7-15)3-2-12-17/h4-7,13,17H,2-3,8-12H2,1H3. The summed E-state index contributed by atoms with van der Waals surface area (Å²) in [6.45, 7) is 5.01. The lowest BCUT2D eigenvalue weighted by molar-refractivity contribution is 0.288. The van der Waals surface area contributed by atoms with Gasteiger partial charge in [0, 0.05) is 25.4 Å². The molecule has 94 valence electrons. The van der Waals surface area contributed by atoms with E-state index in [9.17, 15) is 0 Å². The number of aryl methyl sites for hydroxylation is 1. The second-order valence-electron chi connectivity index (χ2n) is 5.16. The number of hydrogen-bond donors (Lipinski definition) is 1. The molecular formula is C15H23NO. The largest absolute Gasteiger partial charge is 0.396 e. The predicted molar refractivity (Wildman–Crippen MR) is 72.5 cm³/mol. The van der Waals surface area contributed by atoms with Gasteiger partial charge in [-0.1, -0.05) is 19.1 Å². The SMILES string of the molecule is CC1CCN(c2ccc(CCCO)cc2)CC1. The smallest absolute Gasteiger partial charge is 0.0434 e. The van der Waals surface area contributed by atoms with E-state index in [4.69, 9.17) is 5.11 Å². The molecule has 0 unspecified atom stereocenters. The topological polar surface area (TPSA) is 23.5 Å². The lowest BCUT2D eigenvalue weighted by atomic mass is 9.98. The molecular weight excluding hydrogens is 210 g/mol. The molecule has 1 aliphatic heterocycles. The van der Waals surface area contributed by atoms with Gasteiger partial charge in [0.25, 0.3) is 0 Å². The minimum atomic E-state index is 0.283. The second-order valence-corrected chi connectivity index (χ2v) is 5.16. The lowest BCUT2D eigenvalue weighted by Gasteiger charge is -2.32. The molecule has 0 bridgehead atoms. The summed E-state index contributed by atoms with van der Waals surface area (Å²) in [5, 5.41) is 8.80. The molecule has 2 nitrogen and oxygen atoms in total. The molecule has 0 aliphatic carbocycles. The van der Waals surface area contributed by atoms with Gasteiger partial charge < -0.3 is 10.0 Å². The molecule has 17 heavy (non-hydrogen) atoms. The Morgan fingerprint density at radius 3 is 2.41 bits per heavy atom. The minimum absolute atomic E-state index is 0.283. The molecule has 0 atom stereocenters. The Bertz CT molecular complexity index is 325. The Morgan fingerprint density at radius 1 is 1.18 bits per heavy atom. The number of piperidine rings is 1. The zero-order valence-electron chi connectivity index (χ0n) is 10.7. The third-order valence-electron chi connectivity index (χ3n) is 3.71. The maximum atomic E-state index is 8.80. The molecule has 2 heteroatoms. The first-order valence-corrected chi connectivity index (χ1v) is 6.74. The van der Waals surface area contributed by atoms with Gasteiger partial charge in [-0.25, -0.2) is 0 Å². The monoisotopic (exact) mass is 233 g/mol. The Kier molecular flexibility index (Phi) is 4.43. The Balaban J connectivity index is 1.93. The molecule has 1 N–H and O–H groups in total. The van der Waals surface area contributed by atoms with Gasteiger partial charge >= 0.3 is 0 Å². The summed E-state index contributed by atoms with van der Waals surface area (Å²) >= 11 is 0. The van der Waals surface area contributed by atoms with Gasteiger partial charge in [-0.05, 0) is 49.3 Å². The molecule has 1 saturated heterocycles. The number of hydrogen-bond acceptors (Lipinski definition) is 2. The molecule has 0 aromatic heterocycles. The van der Waals surface area contributed by atoms with E-state index in [1.807, 2.05) is 0 Å². The first kappa shape index (κ1) is 12.4. The normalized spacial score (nSPS) is 17.4. The minimum Gasteiger partial charge on any atom is -0.396 e. The van der Waals surface area contributed by atoms with E-state index in [-0.39, 0.29) is 6.61 Å². The zero-order chi connectivity index (χ0) is 12.1. The van der Waals surface area contributed by atoms with Crippen molar-refractivity contribution < 1.29 is 5.11 Å². The predicted octanol–water partition coefficient (Wildman–Crippen LogP) is 2.85. The molecule has 1 aromatic rings. The molecule has 2 rings (SSSR count). The molecule has 1 aliphatic rings. The van der Waals surface area contributed by atoms with Crippen LogP contribution in [-0.2, 0) is 6.42 Å². The summed E-state index contributed by atoms with van der Waals surface area (Å²) in [7, 11) is 0. The molecule has 0 saturated carbocycles. The van der Waals surface area contributed by atoms with Crippen LogP contribution in [0.2, 0.25) is 0 Å². The van der Waals surface area contributed by atoms with Crippen LogP contribution in [0, 0.1) is 5.92 Å². The maximum absolute atomic E-state index is 8.80. The lowest BCUT2D eigenvalue weighted by Crippen LogP contribution is -2.32. The van der Waals surface area contributed by atoms with Crippen molar-refractivity contribution in [1.29, 1.82) is 0 Å². The van der Waals surface area contributed by atoms with E-state index >= 15 is 0 Å². The number of aliphatic hydroxyl groups is 1. The van der Waals surface area contributed by atoms with Crippen LogP contribution in [0.1, 0.15) is 31.7 Å². The molecule has 0 amide bonds. The van der Waals surface area contributed by atoms with Crippen LogP contribution in [0.25, 0.3) is 0 Å². The van der Waals surface area contributed by atoms with Crippen molar-refractivity contribution in [3.05, 3.63) is 29.8 Å². The van der Waals surface area contributed by atoms with Gasteiger partial charge in [-0.3, -0.25) is 0 Å². The summed E-state index contributed by atoms with van der Waals surface area (Å²) in [6.07, 6.45) is 4.47. The van der Waals surface area contributed by atoms with Crippen molar-refractivity contribution in [2.24, 2.45) is 5.92 Å². The van der Waals surface area contributed by atoms with E-state index in [0.29, 0.717) is 0 Å². The van der Waals surface area contributed by atoms with E-state index in [1.165, 1.54) is 37.2 Å². The highest BCUT2D eigenvalue weighted by Crippen LogP contribution is 2.23. The fraction of sp³-hybridized carbons (Fsp3) is 0.600. The van der Waals surface area contributed by atoms with Crippen LogP contribution in [0.5, 0.6) is 0 Å². The van der Waals surface area contributed by atoms with Gasteiger partial charge in [0.2, 0.25) is 0 Å². The first-order valence-electron chi connectivity index (χ1n) is 6.74. The molecule has 0 radical (unpaired) electrons. The fourth-order valence-electron chi connectivity index (χ4n) is 2.42. The van der Waals surface area contributed by atoms with E-state index < -0.39 is 0 Å². The highest BCUT2D eigenvalue weighted by molar-refractivity contribution is 5.47. The number of aliphatic hydroxyl groups excluding tert-OH is 1. The Hall–Kier alpha value is -1.02. The van der Waals surface area contributed by atoms with Crippen LogP contribution in [0.3, 0.4) is 0 Å². The fourth-order valence-corrected chi connectivity index (χ4v) is 2.42. The van der Waals surface area contributed by atoms with Crippen molar-refractivity contribution >= 4 is 5.69 Å². The van der Waals surface area contributed by atoms with Crippen LogP contribution in [-0.4, -0.2) is 24.8 Å². The first-order chi connectivity index (χ1) is 8.29. The summed E-state index contributed by atoms with van der Waals surface area (Å²) in [6, 6.07) is 8.84. The molecule has 1 heterocycles. The number of benzene rings is 1. The summed E-state index contributed by atoms with van der Waals surface area (Å²) < 4.78 is 0. The number of rotatable bonds is 4. The molecule has 0 spiro atoms. The quantitative estimate of drug-likeness (QED) is 0.864. The van der Waals surface area contributed by atoms with Crippen molar-refractivity contribution in [1.82, 2.24) is 0 Å². The van der Waals surface area contributed by atoms with Gasteiger partial charge in [0.15, 0.2) is 0 Å². The van der Waals surface area contributed by atoms with Crippen molar-refractivity contribution in [3.63, 3.8) is 0 Å². The van der Waals surface area contributed by atoms with Crippen molar-refractivity contribution in [2.45, 2.75) is 32.6 Å². The number of nitrogens with zero attached hydrogens (tertiary/aromatic N) is 1. The molecule has 1 fully saturated rings. The Labute approximate surface area is 104 Å². The van der Waals surface area contributed by atoms with E-state index in [1.54, 1.807) is 0 Å².